The molecule has 5 aliphatic rings. The Kier molecular flexibility index (Phi) is 19.2. The van der Waals surface area contributed by atoms with Crippen molar-refractivity contribution in [1.29, 1.82) is 0 Å². The number of aromatic nitrogens is 12. The van der Waals surface area contributed by atoms with Crippen LogP contribution >= 0.6 is 47.8 Å². The smallest absolute Gasteiger partial charge is 0.481 e. The van der Waals surface area contributed by atoms with E-state index in [9.17, 15) is 36.7 Å². The number of carbonyl (C=O) groups excluding carboxylic acids is 3. The number of anilines is 4. The van der Waals surface area contributed by atoms with Crippen molar-refractivity contribution in [2.45, 2.75) is 103 Å². The highest BCUT2D eigenvalue weighted by Crippen LogP contribution is 2.39. The standard InChI is InChI=1S/C19H16FN5O.C17H21BFN3O3.C11H9BrFN3O.C8H7BrN2.C7H6BrN3.C4H5FO2/c1-10-2-3-16-14(9-21-23-16)18(10)11-4-5-25-12(6-11)7-17(24-25)22-19(26)13-8-15(13)20;1-16(2)17(3,4)25-18(24-16)10-5-6-22-11(7-10)8-14(21-22)20-15(23)12-9-13(12)19;12-6-1-2-16-7(3-6)4-10(15-16)14-11(17)8-5-9(8)13;1-5-2-3-7-6(8(5)9)4-10-11-7;8-5-1-2-11-6(3-5)4-7(9)10-11;5-3-1-2(3)4(6)7/h2-7,9,13,15H,8H2,1H3,(H,21,23)(H,22,24,26);5-8,12-13H,9H2,1-4H3,(H,20,21,23);1-4,8-9H,5H2,(H,14,15,17);2-4H,1H3,(H,10,11);1-4H,(H2,9,10);2-3H,1H2,(H,6,7)/t13-,15+;12-,13+;8-,9+;;;2-,3+/m111..1/s1. The van der Waals surface area contributed by atoms with Crippen LogP contribution < -0.4 is 27.1 Å². The third-order valence-electron chi connectivity index (χ3n) is 17.1. The maximum Gasteiger partial charge on any atom is 0.494 e. The summed E-state index contributed by atoms with van der Waals surface area (Å²) in [6.07, 6.45) is 8.00. The number of nitrogen functional groups attached to an aromatic ring is 1. The van der Waals surface area contributed by atoms with Gasteiger partial charge in [0, 0.05) is 73.2 Å². The lowest BCUT2D eigenvalue weighted by atomic mass is 9.79. The summed E-state index contributed by atoms with van der Waals surface area (Å²) in [7, 11) is -0.457. The molecule has 4 saturated carbocycles. The molecular formula is C66H64BBr3F4N16O7. The van der Waals surface area contributed by atoms with Crippen molar-refractivity contribution in [3.05, 3.63) is 159 Å². The number of aromatic amines is 2. The quantitative estimate of drug-likeness (QED) is 0.0522. The van der Waals surface area contributed by atoms with Crippen LogP contribution in [0.3, 0.4) is 0 Å². The zero-order valence-electron chi connectivity index (χ0n) is 52.8. The highest BCUT2D eigenvalue weighted by atomic mass is 79.9. The molecule has 97 heavy (non-hydrogen) atoms. The van der Waals surface area contributed by atoms with Gasteiger partial charge >= 0.3 is 13.1 Å². The Morgan fingerprint density at radius 2 is 0.948 bits per heavy atom. The fourth-order valence-electron chi connectivity index (χ4n) is 10.4. The summed E-state index contributed by atoms with van der Waals surface area (Å²) in [5.74, 6) is -2.32. The average Bonchev–Trinajstić information content (AvgIpc) is 1.74. The zero-order valence-corrected chi connectivity index (χ0v) is 57.6. The Balaban J connectivity index is 0.000000117. The molecule has 1 saturated heterocycles. The number of H-pyrrole nitrogens is 2. The normalized spacial score (nSPS) is 21.2. The molecule has 8 atom stereocenters. The average molecular weight is 1520 g/mol. The Labute approximate surface area is 576 Å². The first-order valence-corrected chi connectivity index (χ1v) is 33.2. The number of alkyl halides is 4. The molecule has 502 valence electrons. The molecule has 11 heterocycles. The van der Waals surface area contributed by atoms with Crippen molar-refractivity contribution in [1.82, 2.24) is 58.9 Å². The van der Waals surface area contributed by atoms with E-state index in [0.29, 0.717) is 42.5 Å². The fourth-order valence-corrected chi connectivity index (χ4v) is 11.6. The van der Waals surface area contributed by atoms with Crippen LogP contribution in [0.25, 0.3) is 55.0 Å². The number of hydrogen-bond donors (Lipinski definition) is 7. The van der Waals surface area contributed by atoms with Gasteiger partial charge in [0.25, 0.3) is 0 Å². The predicted molar refractivity (Wildman–Crippen MR) is 370 cm³/mol. The van der Waals surface area contributed by atoms with Gasteiger partial charge in [-0.05, 0) is 172 Å². The molecular weight excluding hydrogens is 1460 g/mol. The molecule has 17 rings (SSSR count). The summed E-state index contributed by atoms with van der Waals surface area (Å²) in [6, 6.07) is 30.7. The van der Waals surface area contributed by atoms with E-state index in [-0.39, 0.29) is 24.1 Å². The number of nitrogens with one attached hydrogen (secondary N) is 5. The molecule has 0 spiro atoms. The van der Waals surface area contributed by atoms with Crippen molar-refractivity contribution < 1.29 is 51.2 Å². The number of aryl methyl sites for hydroxylation is 2. The molecule has 0 radical (unpaired) electrons. The van der Waals surface area contributed by atoms with Crippen LogP contribution in [0.1, 0.15) is 64.5 Å². The predicted octanol–water partition coefficient (Wildman–Crippen LogP) is 12.5. The topological polar surface area (TPSA) is 296 Å². The van der Waals surface area contributed by atoms with Crippen molar-refractivity contribution in [2.24, 2.45) is 23.7 Å². The van der Waals surface area contributed by atoms with Gasteiger partial charge in [0.1, 0.15) is 30.5 Å². The van der Waals surface area contributed by atoms with E-state index in [2.05, 4.69) is 131 Å². The first-order valence-electron chi connectivity index (χ1n) is 30.8. The first kappa shape index (κ1) is 67.9. The summed E-state index contributed by atoms with van der Waals surface area (Å²) in [5.41, 5.74) is 15.7. The minimum absolute atomic E-state index is 0.218. The number of carbonyl (C=O) groups is 4. The lowest BCUT2D eigenvalue weighted by molar-refractivity contribution is -0.139. The maximum atomic E-state index is 13.0. The Morgan fingerprint density at radius 1 is 0.546 bits per heavy atom. The number of benzene rings is 2. The molecule has 0 bridgehead atoms. The number of nitrogens with two attached hydrogens (primary N) is 1. The molecule has 12 aromatic rings. The second kappa shape index (κ2) is 27.5. The van der Waals surface area contributed by atoms with Crippen LogP contribution in [0.15, 0.2) is 148 Å². The SMILES string of the molecule is CC1(C)OB(c2ccn3nc(NC(=O)[C@@H]4C[C@@H]4F)cc3c2)OC1(C)C.Cc1ccc2[nH]ncc2c1-c1ccn2nc(NC(=O)[C@@H]3C[C@@H]3F)cc2c1.Cc1ccc2[nH]ncc2c1Br.Nc1cc2cc(Br)ccn2n1.O=C(Nc1cc2cc(Br)ccn2n1)[C@@H]1C[C@@H]1F.O=C(O)[C@@H]1C[C@@H]1F. The van der Waals surface area contributed by atoms with Gasteiger partial charge in [-0.25, -0.2) is 35.6 Å². The van der Waals surface area contributed by atoms with E-state index in [1.54, 1.807) is 48.7 Å². The van der Waals surface area contributed by atoms with E-state index >= 15 is 0 Å². The van der Waals surface area contributed by atoms with Gasteiger partial charge in [0.2, 0.25) is 17.7 Å². The lowest BCUT2D eigenvalue weighted by Crippen LogP contribution is -2.41. The molecule has 4 aliphatic carbocycles. The third-order valence-corrected chi connectivity index (χ3v) is 19.2. The molecule has 8 N–H and O–H groups in total. The van der Waals surface area contributed by atoms with Crippen LogP contribution in [0.5, 0.6) is 0 Å². The van der Waals surface area contributed by atoms with Gasteiger partial charge in [-0.3, -0.25) is 29.4 Å². The van der Waals surface area contributed by atoms with E-state index in [4.69, 9.17) is 20.1 Å². The van der Waals surface area contributed by atoms with Crippen molar-refractivity contribution in [3.63, 3.8) is 0 Å². The minimum Gasteiger partial charge on any atom is -0.481 e. The Morgan fingerprint density at radius 3 is 1.41 bits per heavy atom. The number of amides is 3. The molecule has 3 amide bonds. The van der Waals surface area contributed by atoms with Crippen LogP contribution in [0.4, 0.5) is 40.8 Å². The molecule has 31 heteroatoms. The highest BCUT2D eigenvalue weighted by molar-refractivity contribution is 9.11. The van der Waals surface area contributed by atoms with Gasteiger partial charge in [-0.15, -0.1) is 0 Å². The van der Waals surface area contributed by atoms with Gasteiger partial charge < -0.3 is 36.1 Å². The molecule has 0 unspecified atom stereocenters. The van der Waals surface area contributed by atoms with Crippen LogP contribution in [0, 0.1) is 37.5 Å². The molecule has 23 nitrogen and oxygen atoms in total. The van der Waals surface area contributed by atoms with Gasteiger partial charge in [-0.1, -0.05) is 44.0 Å². The summed E-state index contributed by atoms with van der Waals surface area (Å²) < 4.78 is 72.3. The molecule has 1 aliphatic heterocycles. The minimum atomic E-state index is -1.06. The Hall–Kier alpha value is -9.04. The number of halogens is 7. The van der Waals surface area contributed by atoms with E-state index in [1.807, 2.05) is 119 Å². The van der Waals surface area contributed by atoms with E-state index < -0.39 is 72.6 Å². The number of nitrogens with zero attached hydrogens (tertiary/aromatic N) is 10. The number of aliphatic carboxylic acids is 1. The summed E-state index contributed by atoms with van der Waals surface area (Å²) in [5, 5.41) is 49.0. The number of carboxylic acid groups (broad SMARTS) is 1. The third kappa shape index (κ3) is 15.7. The largest absolute Gasteiger partial charge is 0.494 e. The van der Waals surface area contributed by atoms with Gasteiger partial charge in [0.15, 0.2) is 17.5 Å². The van der Waals surface area contributed by atoms with Crippen molar-refractivity contribution >= 4 is 151 Å². The molecule has 5 fully saturated rings. The number of rotatable bonds is 9. The number of carboxylic acids is 1. The zero-order chi connectivity index (χ0) is 68.9. The second-order valence-corrected chi connectivity index (χ2v) is 27.8. The van der Waals surface area contributed by atoms with Crippen molar-refractivity contribution in [3.8, 4) is 11.1 Å². The monoisotopic (exact) mass is 1520 g/mol. The summed E-state index contributed by atoms with van der Waals surface area (Å²) in [4.78, 5) is 45.0. The first-order chi connectivity index (χ1) is 46.1. The van der Waals surface area contributed by atoms with Crippen molar-refractivity contribution in [2.75, 3.05) is 21.7 Å². The van der Waals surface area contributed by atoms with Crippen LogP contribution in [0.2, 0.25) is 0 Å². The van der Waals surface area contributed by atoms with E-state index in [1.165, 1.54) is 5.56 Å². The molecule has 2 aromatic carbocycles. The molecule has 10 aromatic heterocycles. The fraction of sp³-hybridized carbons (Fsp3) is 0.303. The maximum absolute atomic E-state index is 13.0. The van der Waals surface area contributed by atoms with E-state index in [0.717, 1.165) is 79.4 Å². The van der Waals surface area contributed by atoms with Crippen LogP contribution in [-0.4, -0.2) is 131 Å². The second-order valence-electron chi connectivity index (χ2n) is 25.1. The highest BCUT2D eigenvalue weighted by Gasteiger charge is 2.52. The lowest BCUT2D eigenvalue weighted by Gasteiger charge is -2.32. The number of pyridine rings is 4. The van der Waals surface area contributed by atoms with Gasteiger partial charge in [0.05, 0.1) is 80.4 Å². The number of fused-ring (bicyclic) bond motifs is 6. The Bertz CT molecular complexity index is 4960. The van der Waals surface area contributed by atoms with Gasteiger partial charge in [-0.2, -0.15) is 30.6 Å². The summed E-state index contributed by atoms with van der Waals surface area (Å²) in [6.45, 7) is 12.2. The van der Waals surface area contributed by atoms with Crippen LogP contribution in [-0.2, 0) is 28.5 Å². The summed E-state index contributed by atoms with van der Waals surface area (Å²) >= 11 is 10.2. The number of hydrogen-bond acceptors (Lipinski definition) is 13.